The van der Waals surface area contributed by atoms with Crippen LogP contribution in [0.2, 0.25) is 0 Å². The van der Waals surface area contributed by atoms with Crippen LogP contribution in [0.3, 0.4) is 0 Å². The van der Waals surface area contributed by atoms with Crippen molar-refractivity contribution < 1.29 is 10.2 Å². The largest absolute Gasteiger partial charge is 0.390 e. The number of aliphatic hydroxyl groups is 2. The van der Waals surface area contributed by atoms with Gasteiger partial charge >= 0.3 is 0 Å². The van der Waals surface area contributed by atoms with E-state index in [9.17, 15) is 10.2 Å². The molecule has 0 amide bonds. The van der Waals surface area contributed by atoms with Gasteiger partial charge in [-0.2, -0.15) is 0 Å². The van der Waals surface area contributed by atoms with Crippen molar-refractivity contribution in [2.45, 2.75) is 91.3 Å². The van der Waals surface area contributed by atoms with Gasteiger partial charge in [0, 0.05) is 0 Å². The van der Waals surface area contributed by atoms with Crippen LogP contribution in [0.4, 0.5) is 0 Å². The zero-order valence-electron chi connectivity index (χ0n) is 15.4. The molecule has 0 saturated heterocycles. The Labute approximate surface area is 137 Å². The van der Waals surface area contributed by atoms with Gasteiger partial charge in [0.2, 0.25) is 0 Å². The first-order valence-corrected chi connectivity index (χ1v) is 8.76. The lowest BCUT2D eigenvalue weighted by Crippen LogP contribution is -2.31. The zero-order valence-corrected chi connectivity index (χ0v) is 15.4. The standard InChI is InChI=1S/2C10H18O/c2*1-8-4-6-9(7-5-8)10(2,3)11/h2*4,9,11H,5-7H2,1-3H3. The molecule has 0 radical (unpaired) electrons. The van der Waals surface area contributed by atoms with Gasteiger partial charge < -0.3 is 10.2 Å². The number of hydrogen-bond donors (Lipinski definition) is 2. The van der Waals surface area contributed by atoms with Crippen LogP contribution in [-0.2, 0) is 0 Å². The first-order valence-electron chi connectivity index (χ1n) is 8.76. The lowest BCUT2D eigenvalue weighted by Gasteiger charge is -2.31. The molecule has 0 aromatic heterocycles. The molecule has 0 spiro atoms. The van der Waals surface area contributed by atoms with Crippen molar-refractivity contribution in [2.24, 2.45) is 11.8 Å². The van der Waals surface area contributed by atoms with E-state index in [4.69, 9.17) is 0 Å². The van der Waals surface area contributed by atoms with Gasteiger partial charge in [-0.1, -0.05) is 23.3 Å². The quantitative estimate of drug-likeness (QED) is 0.704. The van der Waals surface area contributed by atoms with E-state index in [1.165, 1.54) is 11.1 Å². The van der Waals surface area contributed by atoms with E-state index in [1.54, 1.807) is 0 Å². The van der Waals surface area contributed by atoms with Crippen LogP contribution in [0.1, 0.15) is 80.1 Å². The maximum Gasteiger partial charge on any atom is 0.0622 e. The number of rotatable bonds is 2. The molecule has 128 valence electrons. The van der Waals surface area contributed by atoms with Crippen LogP contribution in [0.5, 0.6) is 0 Å². The summed E-state index contributed by atoms with van der Waals surface area (Å²) >= 11 is 0. The molecule has 2 rings (SSSR count). The lowest BCUT2D eigenvalue weighted by molar-refractivity contribution is 0.0122. The third-order valence-corrected chi connectivity index (χ3v) is 5.27. The summed E-state index contributed by atoms with van der Waals surface area (Å²) in [7, 11) is 0. The van der Waals surface area contributed by atoms with Gasteiger partial charge in [-0.05, 0) is 91.9 Å². The van der Waals surface area contributed by atoms with Gasteiger partial charge in [0.15, 0.2) is 0 Å². The fourth-order valence-corrected chi connectivity index (χ4v) is 3.21. The number of allylic oxidation sites excluding steroid dienone is 4. The van der Waals surface area contributed by atoms with Crippen LogP contribution in [0.25, 0.3) is 0 Å². The van der Waals surface area contributed by atoms with Crippen molar-refractivity contribution in [3.05, 3.63) is 23.3 Å². The van der Waals surface area contributed by atoms with Crippen LogP contribution >= 0.6 is 0 Å². The molecular formula is C20H36O2. The van der Waals surface area contributed by atoms with E-state index >= 15 is 0 Å². The second-order valence-corrected chi connectivity index (χ2v) is 8.35. The van der Waals surface area contributed by atoms with Crippen LogP contribution in [0.15, 0.2) is 23.3 Å². The molecule has 2 aliphatic rings. The Bertz CT molecular complexity index is 364. The van der Waals surface area contributed by atoms with Gasteiger partial charge in [0.1, 0.15) is 0 Å². The molecule has 2 heteroatoms. The molecule has 0 aromatic carbocycles. The predicted octanol–water partition coefficient (Wildman–Crippen LogP) is 5.01. The average Bonchev–Trinajstić information content (AvgIpc) is 2.38. The van der Waals surface area contributed by atoms with E-state index in [1.807, 2.05) is 27.7 Å². The first kappa shape index (κ1) is 19.4. The van der Waals surface area contributed by atoms with E-state index in [0.29, 0.717) is 11.8 Å². The highest BCUT2D eigenvalue weighted by molar-refractivity contribution is 5.05. The molecule has 0 aliphatic heterocycles. The molecule has 2 unspecified atom stereocenters. The topological polar surface area (TPSA) is 40.5 Å². The van der Waals surface area contributed by atoms with E-state index < -0.39 is 11.2 Å². The van der Waals surface area contributed by atoms with Crippen LogP contribution in [0, 0.1) is 11.8 Å². The summed E-state index contributed by atoms with van der Waals surface area (Å²) in [6.45, 7) is 12.0. The molecule has 0 saturated carbocycles. The Morgan fingerprint density at radius 2 is 1.09 bits per heavy atom. The normalized spacial score (nSPS) is 26.5. The Kier molecular flexibility index (Phi) is 6.88. The summed E-state index contributed by atoms with van der Waals surface area (Å²) in [5, 5.41) is 19.4. The first-order chi connectivity index (χ1) is 10.00. The van der Waals surface area contributed by atoms with Crippen molar-refractivity contribution in [3.8, 4) is 0 Å². The molecule has 2 atom stereocenters. The highest BCUT2D eigenvalue weighted by Crippen LogP contribution is 2.32. The van der Waals surface area contributed by atoms with Gasteiger partial charge in [-0.15, -0.1) is 0 Å². The fraction of sp³-hybridized carbons (Fsp3) is 0.800. The zero-order chi connectivity index (χ0) is 17.0. The smallest absolute Gasteiger partial charge is 0.0622 e. The summed E-state index contributed by atoms with van der Waals surface area (Å²) in [6.07, 6.45) is 11.2. The van der Waals surface area contributed by atoms with Crippen LogP contribution in [-0.4, -0.2) is 21.4 Å². The lowest BCUT2D eigenvalue weighted by atomic mass is 9.80. The molecule has 2 aliphatic carbocycles. The second-order valence-electron chi connectivity index (χ2n) is 8.35. The molecule has 0 bridgehead atoms. The minimum atomic E-state index is -0.489. The highest BCUT2D eigenvalue weighted by atomic mass is 16.3. The minimum absolute atomic E-state index is 0.464. The van der Waals surface area contributed by atoms with E-state index in [-0.39, 0.29) is 0 Å². The van der Waals surface area contributed by atoms with Gasteiger partial charge in [0.05, 0.1) is 11.2 Å². The fourth-order valence-electron chi connectivity index (χ4n) is 3.21. The van der Waals surface area contributed by atoms with Gasteiger partial charge in [-0.25, -0.2) is 0 Å². The Morgan fingerprint density at radius 1 is 0.773 bits per heavy atom. The van der Waals surface area contributed by atoms with Crippen molar-refractivity contribution in [1.29, 1.82) is 0 Å². The molecule has 0 aromatic rings. The predicted molar refractivity (Wildman–Crippen MR) is 94.8 cm³/mol. The van der Waals surface area contributed by atoms with E-state index in [2.05, 4.69) is 26.0 Å². The van der Waals surface area contributed by atoms with Gasteiger partial charge in [-0.3, -0.25) is 0 Å². The third-order valence-electron chi connectivity index (χ3n) is 5.27. The summed E-state index contributed by atoms with van der Waals surface area (Å²) in [5.41, 5.74) is 1.98. The Hall–Kier alpha value is -0.600. The molecule has 2 nitrogen and oxygen atoms in total. The maximum atomic E-state index is 9.70. The van der Waals surface area contributed by atoms with Crippen LogP contribution < -0.4 is 0 Å². The average molecular weight is 309 g/mol. The molecule has 22 heavy (non-hydrogen) atoms. The minimum Gasteiger partial charge on any atom is -0.390 e. The molecule has 2 N–H and O–H groups in total. The SMILES string of the molecule is CC1=CCC(C(C)(C)O)CC1.CC1=CCC(C(C)(C)O)CC1. The van der Waals surface area contributed by atoms with Crippen molar-refractivity contribution in [1.82, 2.24) is 0 Å². The van der Waals surface area contributed by atoms with Crippen molar-refractivity contribution >= 4 is 0 Å². The summed E-state index contributed by atoms with van der Waals surface area (Å²) in [6, 6.07) is 0. The molecular weight excluding hydrogens is 272 g/mol. The second kappa shape index (κ2) is 7.79. The summed E-state index contributed by atoms with van der Waals surface area (Å²) < 4.78 is 0. The van der Waals surface area contributed by atoms with E-state index in [0.717, 1.165) is 38.5 Å². The Morgan fingerprint density at radius 3 is 1.27 bits per heavy atom. The molecule has 0 fully saturated rings. The molecule has 0 heterocycles. The monoisotopic (exact) mass is 308 g/mol. The Balaban J connectivity index is 0.000000220. The summed E-state index contributed by atoms with van der Waals surface area (Å²) in [5.74, 6) is 0.928. The van der Waals surface area contributed by atoms with Crippen molar-refractivity contribution in [3.63, 3.8) is 0 Å². The summed E-state index contributed by atoms with van der Waals surface area (Å²) in [4.78, 5) is 0. The third kappa shape index (κ3) is 6.66. The van der Waals surface area contributed by atoms with Crippen molar-refractivity contribution in [2.75, 3.05) is 0 Å². The highest BCUT2D eigenvalue weighted by Gasteiger charge is 2.27. The van der Waals surface area contributed by atoms with Gasteiger partial charge in [0.25, 0.3) is 0 Å². The number of hydrogen-bond acceptors (Lipinski definition) is 2. The maximum absolute atomic E-state index is 9.70.